The summed E-state index contributed by atoms with van der Waals surface area (Å²) in [4.78, 5) is 12.7. The maximum absolute atomic E-state index is 12.7. The number of carbonyl (C=O) groups is 1. The van der Waals surface area contributed by atoms with Gasteiger partial charge in [-0.25, -0.2) is 0 Å². The molecule has 0 aromatic heterocycles. The van der Waals surface area contributed by atoms with Crippen LogP contribution >= 0.6 is 0 Å². The van der Waals surface area contributed by atoms with Crippen LogP contribution in [0.3, 0.4) is 0 Å². The normalized spacial score (nSPS) is 55.9. The van der Waals surface area contributed by atoms with Gasteiger partial charge >= 0.3 is 0 Å². The van der Waals surface area contributed by atoms with Crippen LogP contribution in [0.2, 0.25) is 0 Å². The molecule has 8 atom stereocenters. The SMILES string of the molecule is CCC1CC(=O)[C@@]2(C)CC[C@H]3[C@@H](CC[C@@H]4C[C@](C)(O)CC[C@@H]43)[C@H]12. The minimum absolute atomic E-state index is 0.00512. The fourth-order valence-electron chi connectivity index (χ4n) is 7.52. The molecule has 0 aromatic carbocycles. The van der Waals surface area contributed by atoms with Crippen LogP contribution in [-0.2, 0) is 4.79 Å². The highest BCUT2D eigenvalue weighted by Gasteiger charge is 2.60. The van der Waals surface area contributed by atoms with E-state index in [0.29, 0.717) is 17.6 Å². The number of fused-ring (bicyclic) bond motifs is 5. The molecule has 4 saturated carbocycles. The molecule has 0 radical (unpaired) electrons. The van der Waals surface area contributed by atoms with Crippen molar-refractivity contribution in [3.05, 3.63) is 0 Å². The van der Waals surface area contributed by atoms with Crippen LogP contribution in [0.25, 0.3) is 0 Å². The Morgan fingerprint density at radius 2 is 1.78 bits per heavy atom. The van der Waals surface area contributed by atoms with Crippen LogP contribution in [-0.4, -0.2) is 16.5 Å². The van der Waals surface area contributed by atoms with E-state index >= 15 is 0 Å². The number of rotatable bonds is 1. The standard InChI is InChI=1S/C21H34O2/c1-4-13-11-18(22)21(3)10-8-16-15-7-9-20(2,23)12-14(15)5-6-17(16)19(13)21/h13-17,19,23H,4-12H2,1-3H3/t13?,14-,15+,16-,17-,19+,20-,21-/m1/s1. The predicted octanol–water partition coefficient (Wildman–Crippen LogP) is 4.60. The second-order valence-corrected chi connectivity index (χ2v) is 9.85. The predicted molar refractivity (Wildman–Crippen MR) is 91.9 cm³/mol. The van der Waals surface area contributed by atoms with Crippen LogP contribution < -0.4 is 0 Å². The Morgan fingerprint density at radius 3 is 2.52 bits per heavy atom. The number of Topliss-reactive ketones (excluding diaryl/α,β-unsaturated/α-hetero) is 1. The lowest BCUT2D eigenvalue weighted by Crippen LogP contribution is -2.51. The molecule has 1 N–H and O–H groups in total. The van der Waals surface area contributed by atoms with Crippen molar-refractivity contribution in [3.8, 4) is 0 Å². The summed E-state index contributed by atoms with van der Waals surface area (Å²) in [6, 6.07) is 0. The second-order valence-electron chi connectivity index (χ2n) is 9.85. The average Bonchev–Trinajstić information content (AvgIpc) is 2.77. The number of hydrogen-bond acceptors (Lipinski definition) is 2. The van der Waals surface area contributed by atoms with Crippen LogP contribution in [0.15, 0.2) is 0 Å². The molecule has 2 nitrogen and oxygen atoms in total. The van der Waals surface area contributed by atoms with Gasteiger partial charge in [-0.05, 0) is 87.4 Å². The third-order valence-corrected chi connectivity index (χ3v) is 8.61. The van der Waals surface area contributed by atoms with Gasteiger partial charge in [0.05, 0.1) is 5.60 Å². The van der Waals surface area contributed by atoms with Crippen LogP contribution in [0.1, 0.15) is 78.6 Å². The zero-order chi connectivity index (χ0) is 16.4. The summed E-state index contributed by atoms with van der Waals surface area (Å²) in [5.41, 5.74) is -0.429. The van der Waals surface area contributed by atoms with Crippen LogP contribution in [0, 0.1) is 40.9 Å². The van der Waals surface area contributed by atoms with Crippen LogP contribution in [0.5, 0.6) is 0 Å². The van der Waals surface area contributed by atoms with Crippen LogP contribution in [0.4, 0.5) is 0 Å². The first-order valence-electron chi connectivity index (χ1n) is 10.1. The number of carbonyl (C=O) groups excluding carboxylic acids is 1. The molecule has 0 heterocycles. The van der Waals surface area contributed by atoms with Gasteiger partial charge in [0, 0.05) is 11.8 Å². The van der Waals surface area contributed by atoms with Gasteiger partial charge in [0.25, 0.3) is 0 Å². The lowest BCUT2D eigenvalue weighted by atomic mass is 9.49. The van der Waals surface area contributed by atoms with Crippen molar-refractivity contribution < 1.29 is 9.90 Å². The molecule has 4 aliphatic carbocycles. The van der Waals surface area contributed by atoms with E-state index in [9.17, 15) is 9.90 Å². The fourth-order valence-corrected chi connectivity index (χ4v) is 7.52. The average molecular weight is 319 g/mol. The van der Waals surface area contributed by atoms with Gasteiger partial charge < -0.3 is 5.11 Å². The summed E-state index contributed by atoms with van der Waals surface area (Å²) in [5, 5.41) is 10.5. The molecule has 0 saturated heterocycles. The van der Waals surface area contributed by atoms with Gasteiger partial charge in [-0.1, -0.05) is 20.3 Å². The summed E-state index contributed by atoms with van der Waals surface area (Å²) < 4.78 is 0. The number of ketones is 1. The lowest BCUT2D eigenvalue weighted by molar-refractivity contribution is -0.135. The summed E-state index contributed by atoms with van der Waals surface area (Å²) in [7, 11) is 0. The third kappa shape index (κ3) is 2.34. The molecule has 2 heteroatoms. The minimum atomic E-state index is -0.424. The van der Waals surface area contributed by atoms with Gasteiger partial charge in [0.2, 0.25) is 0 Å². The Bertz CT molecular complexity index is 496. The second kappa shape index (κ2) is 5.31. The first-order valence-corrected chi connectivity index (χ1v) is 10.1. The van der Waals surface area contributed by atoms with E-state index < -0.39 is 5.60 Å². The first kappa shape index (κ1) is 16.1. The Labute approximate surface area is 141 Å². The lowest BCUT2D eigenvalue weighted by Gasteiger charge is -2.56. The van der Waals surface area contributed by atoms with Gasteiger partial charge in [-0.3, -0.25) is 4.79 Å². The van der Waals surface area contributed by atoms with E-state index in [0.717, 1.165) is 49.4 Å². The highest BCUT2D eigenvalue weighted by atomic mass is 16.3. The van der Waals surface area contributed by atoms with Crippen molar-refractivity contribution in [1.29, 1.82) is 0 Å². The maximum atomic E-state index is 12.7. The minimum Gasteiger partial charge on any atom is -0.390 e. The molecule has 0 spiro atoms. The zero-order valence-corrected chi connectivity index (χ0v) is 15.2. The molecular formula is C21H34O2. The Hall–Kier alpha value is -0.370. The summed E-state index contributed by atoms with van der Waals surface area (Å²) in [6.45, 7) is 6.62. The molecule has 0 aromatic rings. The molecule has 0 aliphatic heterocycles. The molecule has 4 aliphatic rings. The van der Waals surface area contributed by atoms with E-state index in [1.54, 1.807) is 0 Å². The molecule has 0 bridgehead atoms. The molecule has 1 unspecified atom stereocenters. The Balaban J connectivity index is 1.60. The summed E-state index contributed by atoms with van der Waals surface area (Å²) in [6.07, 6.45) is 10.2. The quantitative estimate of drug-likeness (QED) is 0.767. The summed E-state index contributed by atoms with van der Waals surface area (Å²) >= 11 is 0. The fraction of sp³-hybridized carbons (Fsp3) is 0.952. The highest BCUT2D eigenvalue weighted by Crippen LogP contribution is 2.63. The highest BCUT2D eigenvalue weighted by molar-refractivity contribution is 5.87. The molecule has 23 heavy (non-hydrogen) atoms. The van der Waals surface area contributed by atoms with Crippen molar-refractivity contribution in [2.75, 3.05) is 0 Å². The third-order valence-electron chi connectivity index (χ3n) is 8.61. The number of hydrogen-bond donors (Lipinski definition) is 1. The zero-order valence-electron chi connectivity index (χ0n) is 15.2. The molecule has 4 fully saturated rings. The van der Waals surface area contributed by atoms with E-state index in [2.05, 4.69) is 13.8 Å². The van der Waals surface area contributed by atoms with E-state index in [1.807, 2.05) is 6.92 Å². The first-order chi connectivity index (χ1) is 10.9. The van der Waals surface area contributed by atoms with Crippen molar-refractivity contribution >= 4 is 5.78 Å². The Kier molecular flexibility index (Phi) is 3.72. The van der Waals surface area contributed by atoms with E-state index in [-0.39, 0.29) is 5.41 Å². The van der Waals surface area contributed by atoms with E-state index in [4.69, 9.17) is 0 Å². The van der Waals surface area contributed by atoms with Gasteiger partial charge in [-0.2, -0.15) is 0 Å². The molecule has 4 rings (SSSR count). The van der Waals surface area contributed by atoms with Gasteiger partial charge in [0.1, 0.15) is 5.78 Å². The monoisotopic (exact) mass is 318 g/mol. The number of aliphatic hydroxyl groups is 1. The van der Waals surface area contributed by atoms with Crippen molar-refractivity contribution in [2.24, 2.45) is 40.9 Å². The molecule has 0 amide bonds. The van der Waals surface area contributed by atoms with Gasteiger partial charge in [-0.15, -0.1) is 0 Å². The van der Waals surface area contributed by atoms with Crippen molar-refractivity contribution in [1.82, 2.24) is 0 Å². The van der Waals surface area contributed by atoms with Gasteiger partial charge in [0.15, 0.2) is 0 Å². The topological polar surface area (TPSA) is 37.3 Å². The van der Waals surface area contributed by atoms with Crippen molar-refractivity contribution in [2.45, 2.75) is 84.2 Å². The molecular weight excluding hydrogens is 284 g/mol. The largest absolute Gasteiger partial charge is 0.390 e. The Morgan fingerprint density at radius 1 is 1.04 bits per heavy atom. The van der Waals surface area contributed by atoms with Crippen molar-refractivity contribution in [3.63, 3.8) is 0 Å². The summed E-state index contributed by atoms with van der Waals surface area (Å²) in [5.74, 6) is 5.05. The maximum Gasteiger partial charge on any atom is 0.139 e. The van der Waals surface area contributed by atoms with E-state index in [1.165, 1.54) is 32.1 Å². The molecule has 130 valence electrons. The smallest absolute Gasteiger partial charge is 0.139 e.